The highest BCUT2D eigenvalue weighted by atomic mass is 35.5. The van der Waals surface area contributed by atoms with E-state index in [0.717, 1.165) is 22.2 Å². The van der Waals surface area contributed by atoms with Crippen molar-refractivity contribution in [1.29, 1.82) is 0 Å². The normalized spacial score (nSPS) is 11.0. The molecule has 0 radical (unpaired) electrons. The van der Waals surface area contributed by atoms with Crippen LogP contribution in [0.3, 0.4) is 0 Å². The molecule has 0 aliphatic rings. The zero-order valence-corrected chi connectivity index (χ0v) is 16.2. The Hall–Kier alpha value is -2.21. The molecule has 4 rings (SSSR count). The Morgan fingerprint density at radius 3 is 2.77 bits per heavy atom. The molecule has 0 unspecified atom stereocenters. The molecule has 3 heterocycles. The lowest BCUT2D eigenvalue weighted by atomic mass is 10.2. The summed E-state index contributed by atoms with van der Waals surface area (Å²) in [6.07, 6.45) is 4.43. The SMILES string of the molecule is CCc1cc2c(Nc3cccc(Cl)c3Cl)nc(-c3cccnc3)nc2s1. The minimum atomic E-state index is 0.467. The van der Waals surface area contributed by atoms with E-state index in [1.807, 2.05) is 24.3 Å². The topological polar surface area (TPSA) is 50.7 Å². The highest BCUT2D eigenvalue weighted by Gasteiger charge is 2.14. The van der Waals surface area contributed by atoms with E-state index in [4.69, 9.17) is 33.2 Å². The quantitative estimate of drug-likeness (QED) is 0.432. The first-order valence-corrected chi connectivity index (χ1v) is 9.65. The van der Waals surface area contributed by atoms with Crippen molar-refractivity contribution in [3.8, 4) is 11.4 Å². The van der Waals surface area contributed by atoms with Crippen LogP contribution in [0.15, 0.2) is 48.8 Å². The monoisotopic (exact) mass is 400 g/mol. The number of aryl methyl sites for hydroxylation is 1. The summed E-state index contributed by atoms with van der Waals surface area (Å²) in [7, 11) is 0. The molecule has 0 bridgehead atoms. The van der Waals surface area contributed by atoms with Crippen molar-refractivity contribution in [3.63, 3.8) is 0 Å². The number of nitrogens with one attached hydrogen (secondary N) is 1. The average Bonchev–Trinajstić information content (AvgIpc) is 3.10. The van der Waals surface area contributed by atoms with Crippen LogP contribution in [0.4, 0.5) is 11.5 Å². The van der Waals surface area contributed by atoms with Gasteiger partial charge in [-0.05, 0) is 36.8 Å². The zero-order chi connectivity index (χ0) is 18.1. The largest absolute Gasteiger partial charge is 0.338 e. The molecule has 0 saturated carbocycles. The lowest BCUT2D eigenvalue weighted by Crippen LogP contribution is -1.99. The van der Waals surface area contributed by atoms with E-state index in [9.17, 15) is 0 Å². The van der Waals surface area contributed by atoms with Gasteiger partial charge in [-0.2, -0.15) is 0 Å². The molecule has 0 fully saturated rings. The number of rotatable bonds is 4. The van der Waals surface area contributed by atoms with Crippen LogP contribution >= 0.6 is 34.5 Å². The molecule has 1 N–H and O–H groups in total. The van der Waals surface area contributed by atoms with E-state index < -0.39 is 0 Å². The lowest BCUT2D eigenvalue weighted by molar-refractivity contribution is 1.19. The van der Waals surface area contributed by atoms with Crippen molar-refractivity contribution in [1.82, 2.24) is 15.0 Å². The predicted octanol–water partition coefficient (Wildman–Crippen LogP) is 6.37. The molecule has 0 amide bonds. The van der Waals surface area contributed by atoms with Gasteiger partial charge in [0.25, 0.3) is 0 Å². The average molecular weight is 401 g/mol. The molecule has 1 aromatic carbocycles. The summed E-state index contributed by atoms with van der Waals surface area (Å²) in [4.78, 5) is 15.8. The summed E-state index contributed by atoms with van der Waals surface area (Å²) >= 11 is 14.1. The maximum absolute atomic E-state index is 6.34. The summed E-state index contributed by atoms with van der Waals surface area (Å²) in [5.74, 6) is 1.32. The first kappa shape index (κ1) is 17.2. The van der Waals surface area contributed by atoms with Crippen LogP contribution in [0.25, 0.3) is 21.6 Å². The van der Waals surface area contributed by atoms with E-state index in [1.165, 1.54) is 4.88 Å². The van der Waals surface area contributed by atoms with Crippen molar-refractivity contribution in [3.05, 3.63) is 63.7 Å². The van der Waals surface area contributed by atoms with Gasteiger partial charge in [0.15, 0.2) is 5.82 Å². The van der Waals surface area contributed by atoms with Gasteiger partial charge in [0.1, 0.15) is 10.6 Å². The number of thiophene rings is 1. The molecular formula is C19H14Cl2N4S. The number of aromatic nitrogens is 3. The van der Waals surface area contributed by atoms with Gasteiger partial charge in [-0.25, -0.2) is 9.97 Å². The maximum Gasteiger partial charge on any atom is 0.164 e. The van der Waals surface area contributed by atoms with Crippen LogP contribution in [0.2, 0.25) is 10.0 Å². The fraction of sp³-hybridized carbons (Fsp3) is 0.105. The number of hydrogen-bond acceptors (Lipinski definition) is 5. The lowest BCUT2D eigenvalue weighted by Gasteiger charge is -2.11. The van der Waals surface area contributed by atoms with E-state index in [1.54, 1.807) is 29.8 Å². The van der Waals surface area contributed by atoms with Gasteiger partial charge in [-0.15, -0.1) is 11.3 Å². The second-order valence-corrected chi connectivity index (χ2v) is 7.55. The summed E-state index contributed by atoms with van der Waals surface area (Å²) < 4.78 is 0. The van der Waals surface area contributed by atoms with Gasteiger partial charge < -0.3 is 5.32 Å². The summed E-state index contributed by atoms with van der Waals surface area (Å²) in [5, 5.41) is 5.25. The van der Waals surface area contributed by atoms with Gasteiger partial charge in [-0.3, -0.25) is 4.98 Å². The molecule has 4 nitrogen and oxygen atoms in total. The summed E-state index contributed by atoms with van der Waals surface area (Å²) in [5.41, 5.74) is 1.57. The molecule has 26 heavy (non-hydrogen) atoms. The van der Waals surface area contributed by atoms with Crippen LogP contribution in [0.1, 0.15) is 11.8 Å². The molecular weight excluding hydrogens is 387 g/mol. The highest BCUT2D eigenvalue weighted by Crippen LogP contribution is 2.36. The van der Waals surface area contributed by atoms with Gasteiger partial charge >= 0.3 is 0 Å². The van der Waals surface area contributed by atoms with Crippen LogP contribution in [-0.4, -0.2) is 15.0 Å². The number of nitrogens with zero attached hydrogens (tertiary/aromatic N) is 3. The fourth-order valence-corrected chi connectivity index (χ4v) is 3.91. The van der Waals surface area contributed by atoms with Gasteiger partial charge in [-0.1, -0.05) is 36.2 Å². The number of benzene rings is 1. The number of hydrogen-bond donors (Lipinski definition) is 1. The van der Waals surface area contributed by atoms with Crippen LogP contribution in [-0.2, 0) is 6.42 Å². The van der Waals surface area contributed by atoms with Crippen LogP contribution < -0.4 is 5.32 Å². The second kappa shape index (κ2) is 7.19. The zero-order valence-electron chi connectivity index (χ0n) is 13.8. The van der Waals surface area contributed by atoms with Crippen molar-refractivity contribution in [2.24, 2.45) is 0 Å². The molecule has 0 saturated heterocycles. The third-order valence-electron chi connectivity index (χ3n) is 3.92. The fourth-order valence-electron chi connectivity index (χ4n) is 2.59. The van der Waals surface area contributed by atoms with Gasteiger partial charge in [0.05, 0.1) is 21.1 Å². The maximum atomic E-state index is 6.34. The molecule has 3 aromatic heterocycles. The predicted molar refractivity (Wildman–Crippen MR) is 110 cm³/mol. The Kier molecular flexibility index (Phi) is 4.76. The highest BCUT2D eigenvalue weighted by molar-refractivity contribution is 7.18. The van der Waals surface area contributed by atoms with Gasteiger partial charge in [0, 0.05) is 22.8 Å². The first-order chi connectivity index (χ1) is 12.7. The van der Waals surface area contributed by atoms with E-state index in [2.05, 4.69) is 23.3 Å². The standard InChI is InChI=1S/C19H14Cl2N4S/c1-2-12-9-13-18(23-15-7-3-6-14(20)16(15)21)24-17(25-19(13)26-12)11-5-4-8-22-10-11/h3-10H,2H2,1H3,(H,23,24,25). The number of halogens is 2. The smallest absolute Gasteiger partial charge is 0.164 e. The minimum Gasteiger partial charge on any atom is -0.338 e. The third kappa shape index (κ3) is 3.26. The molecule has 0 spiro atoms. The van der Waals surface area contributed by atoms with E-state index in [-0.39, 0.29) is 0 Å². The Morgan fingerprint density at radius 2 is 2.00 bits per heavy atom. The van der Waals surface area contributed by atoms with Gasteiger partial charge in [0.2, 0.25) is 0 Å². The van der Waals surface area contributed by atoms with Crippen molar-refractivity contribution >= 4 is 56.3 Å². The third-order valence-corrected chi connectivity index (χ3v) is 5.91. The van der Waals surface area contributed by atoms with Crippen molar-refractivity contribution in [2.75, 3.05) is 5.32 Å². The number of fused-ring (bicyclic) bond motifs is 1. The molecule has 0 aliphatic heterocycles. The van der Waals surface area contributed by atoms with Crippen molar-refractivity contribution in [2.45, 2.75) is 13.3 Å². The number of anilines is 2. The van der Waals surface area contributed by atoms with Crippen LogP contribution in [0, 0.1) is 0 Å². The van der Waals surface area contributed by atoms with Crippen LogP contribution in [0.5, 0.6) is 0 Å². The van der Waals surface area contributed by atoms with E-state index >= 15 is 0 Å². The molecule has 0 aliphatic carbocycles. The van der Waals surface area contributed by atoms with Crippen molar-refractivity contribution < 1.29 is 0 Å². The Morgan fingerprint density at radius 1 is 1.12 bits per heavy atom. The minimum absolute atomic E-state index is 0.467. The molecule has 130 valence electrons. The Balaban J connectivity index is 1.88. The Bertz CT molecular complexity index is 1080. The molecule has 4 aromatic rings. The summed E-state index contributed by atoms with van der Waals surface area (Å²) in [6, 6.07) is 11.4. The molecule has 7 heteroatoms. The first-order valence-electron chi connectivity index (χ1n) is 8.07. The van der Waals surface area contributed by atoms with E-state index in [0.29, 0.717) is 27.4 Å². The number of pyridine rings is 1. The molecule has 0 atom stereocenters. The second-order valence-electron chi connectivity index (χ2n) is 5.65. The summed E-state index contributed by atoms with van der Waals surface area (Å²) in [6.45, 7) is 2.13. The Labute approximate surface area is 164 Å².